The highest BCUT2D eigenvalue weighted by molar-refractivity contribution is 6.33. The first kappa shape index (κ1) is 13.8. The molecule has 2 rings (SSSR count). The van der Waals surface area contributed by atoms with Gasteiger partial charge in [-0.15, -0.1) is 0 Å². The Hall–Kier alpha value is -1.66. The number of carbonyl (C=O) groups excluding carboxylic acids is 1. The molecule has 2 N–H and O–H groups in total. The van der Waals surface area contributed by atoms with E-state index in [1.807, 2.05) is 0 Å². The summed E-state index contributed by atoms with van der Waals surface area (Å²) in [6, 6.07) is 0.511. The van der Waals surface area contributed by atoms with E-state index in [1.165, 1.54) is 12.3 Å². The number of carbonyl (C=O) groups is 2. The fourth-order valence-corrected chi connectivity index (χ4v) is 2.40. The molecule has 102 valence electrons. The van der Waals surface area contributed by atoms with Crippen LogP contribution in [0.5, 0.6) is 0 Å². The summed E-state index contributed by atoms with van der Waals surface area (Å²) < 4.78 is 0. The number of rotatable bonds is 2. The van der Waals surface area contributed by atoms with E-state index in [4.69, 9.17) is 16.7 Å². The molecule has 1 fully saturated rings. The Morgan fingerprint density at radius 3 is 2.79 bits per heavy atom. The lowest BCUT2D eigenvalue weighted by molar-refractivity contribution is -0.141. The highest BCUT2D eigenvalue weighted by Gasteiger charge is 2.39. The molecule has 7 heteroatoms. The Morgan fingerprint density at radius 1 is 1.53 bits per heavy atom. The standard InChI is InChI=1S/C12H13ClN2O4/c1-6-2-9(13)8(4-14-6)11(17)15-5-7(16)3-10(15)12(18)19/h2,4,7,10,16H,3,5H2,1H3,(H,18,19)/t7?,10-/m0/s1. The van der Waals surface area contributed by atoms with Gasteiger partial charge in [0.05, 0.1) is 16.7 Å². The van der Waals surface area contributed by atoms with Crippen LogP contribution in [-0.2, 0) is 4.79 Å². The fraction of sp³-hybridized carbons (Fsp3) is 0.417. The average Bonchev–Trinajstić information content (AvgIpc) is 2.70. The van der Waals surface area contributed by atoms with Crippen LogP contribution >= 0.6 is 11.6 Å². The van der Waals surface area contributed by atoms with E-state index in [-0.39, 0.29) is 23.6 Å². The first-order chi connectivity index (χ1) is 8.90. The summed E-state index contributed by atoms with van der Waals surface area (Å²) in [6.45, 7) is 1.72. The number of hydrogen-bond acceptors (Lipinski definition) is 4. The van der Waals surface area contributed by atoms with Crippen molar-refractivity contribution in [1.82, 2.24) is 9.88 Å². The lowest BCUT2D eigenvalue weighted by Gasteiger charge is -2.21. The van der Waals surface area contributed by atoms with Crippen LogP contribution in [0, 0.1) is 6.92 Å². The van der Waals surface area contributed by atoms with Crippen molar-refractivity contribution in [2.45, 2.75) is 25.5 Å². The van der Waals surface area contributed by atoms with Gasteiger partial charge in [0.1, 0.15) is 6.04 Å². The maximum Gasteiger partial charge on any atom is 0.326 e. The third kappa shape index (κ3) is 2.69. The smallest absolute Gasteiger partial charge is 0.326 e. The molecule has 2 atom stereocenters. The third-order valence-corrected chi connectivity index (χ3v) is 3.36. The number of aliphatic carboxylic acids is 1. The zero-order valence-corrected chi connectivity index (χ0v) is 11.0. The molecule has 1 aromatic heterocycles. The van der Waals surface area contributed by atoms with Crippen molar-refractivity contribution in [3.63, 3.8) is 0 Å². The first-order valence-electron chi connectivity index (χ1n) is 5.74. The van der Waals surface area contributed by atoms with Crippen LogP contribution in [0.25, 0.3) is 0 Å². The Balaban J connectivity index is 2.30. The van der Waals surface area contributed by atoms with Gasteiger partial charge in [-0.3, -0.25) is 9.78 Å². The molecule has 0 bridgehead atoms. The Morgan fingerprint density at radius 2 is 2.21 bits per heavy atom. The molecule has 0 radical (unpaired) electrons. The van der Waals surface area contributed by atoms with Gasteiger partial charge < -0.3 is 15.1 Å². The summed E-state index contributed by atoms with van der Waals surface area (Å²) in [5.74, 6) is -1.66. The summed E-state index contributed by atoms with van der Waals surface area (Å²) in [5.41, 5.74) is 0.811. The predicted octanol–water partition coefficient (Wildman–Crippen LogP) is 0.703. The molecule has 0 spiro atoms. The summed E-state index contributed by atoms with van der Waals surface area (Å²) in [5, 5.41) is 18.8. The maximum atomic E-state index is 12.3. The number of nitrogens with zero attached hydrogens (tertiary/aromatic N) is 2. The summed E-state index contributed by atoms with van der Waals surface area (Å²) >= 11 is 5.97. The molecule has 0 aromatic carbocycles. The number of carboxylic acid groups (broad SMARTS) is 1. The van der Waals surface area contributed by atoms with Crippen LogP contribution in [0.3, 0.4) is 0 Å². The van der Waals surface area contributed by atoms with Crippen LogP contribution in [0.4, 0.5) is 0 Å². The number of aliphatic hydroxyl groups excluding tert-OH is 1. The van der Waals surface area contributed by atoms with E-state index in [9.17, 15) is 14.7 Å². The maximum absolute atomic E-state index is 12.3. The zero-order valence-electron chi connectivity index (χ0n) is 10.2. The minimum absolute atomic E-state index is 0.0139. The van der Waals surface area contributed by atoms with Gasteiger partial charge >= 0.3 is 5.97 Å². The molecule has 1 aliphatic rings. The molecule has 1 unspecified atom stereocenters. The molecule has 1 aliphatic heterocycles. The second-order valence-electron chi connectivity index (χ2n) is 4.51. The van der Waals surface area contributed by atoms with Crippen molar-refractivity contribution < 1.29 is 19.8 Å². The second kappa shape index (κ2) is 5.14. The van der Waals surface area contributed by atoms with Crippen LogP contribution in [-0.4, -0.2) is 50.7 Å². The van der Waals surface area contributed by atoms with Gasteiger partial charge in [0.2, 0.25) is 0 Å². The molecular weight excluding hydrogens is 272 g/mol. The van der Waals surface area contributed by atoms with Crippen molar-refractivity contribution in [2.24, 2.45) is 0 Å². The highest BCUT2D eigenvalue weighted by atomic mass is 35.5. The van der Waals surface area contributed by atoms with Crippen molar-refractivity contribution in [2.75, 3.05) is 6.54 Å². The highest BCUT2D eigenvalue weighted by Crippen LogP contribution is 2.24. The van der Waals surface area contributed by atoms with Gasteiger partial charge in [-0.1, -0.05) is 11.6 Å². The van der Waals surface area contributed by atoms with E-state index in [0.29, 0.717) is 5.69 Å². The van der Waals surface area contributed by atoms with E-state index in [1.54, 1.807) is 6.92 Å². The number of aromatic nitrogens is 1. The number of hydrogen-bond donors (Lipinski definition) is 2. The zero-order chi connectivity index (χ0) is 14.2. The summed E-state index contributed by atoms with van der Waals surface area (Å²) in [7, 11) is 0. The molecule has 1 amide bonds. The number of halogens is 1. The third-order valence-electron chi connectivity index (χ3n) is 3.05. The summed E-state index contributed by atoms with van der Waals surface area (Å²) in [4.78, 5) is 28.4. The van der Waals surface area contributed by atoms with Crippen LogP contribution < -0.4 is 0 Å². The lowest BCUT2D eigenvalue weighted by Crippen LogP contribution is -2.40. The van der Waals surface area contributed by atoms with Crippen LogP contribution in [0.15, 0.2) is 12.3 Å². The van der Waals surface area contributed by atoms with Gasteiger partial charge in [0.15, 0.2) is 0 Å². The van der Waals surface area contributed by atoms with Crippen LogP contribution in [0.2, 0.25) is 5.02 Å². The number of aliphatic hydroxyl groups is 1. The quantitative estimate of drug-likeness (QED) is 0.834. The van der Waals surface area contributed by atoms with Crippen molar-refractivity contribution in [3.8, 4) is 0 Å². The number of aryl methyl sites for hydroxylation is 1. The fourth-order valence-electron chi connectivity index (χ4n) is 2.11. The minimum atomic E-state index is -1.14. The Labute approximate surface area is 114 Å². The molecule has 0 aliphatic carbocycles. The average molecular weight is 285 g/mol. The van der Waals surface area contributed by atoms with Crippen molar-refractivity contribution in [1.29, 1.82) is 0 Å². The first-order valence-corrected chi connectivity index (χ1v) is 6.12. The van der Waals surface area contributed by atoms with E-state index >= 15 is 0 Å². The largest absolute Gasteiger partial charge is 0.480 e. The monoisotopic (exact) mass is 284 g/mol. The number of β-amino-alcohol motifs (C(OH)–C–C–N with tert-alkyl or cyclic N) is 1. The lowest BCUT2D eigenvalue weighted by atomic mass is 10.2. The molecule has 2 heterocycles. The number of carboxylic acids is 1. The van der Waals surface area contributed by atoms with Crippen molar-refractivity contribution >= 4 is 23.5 Å². The Kier molecular flexibility index (Phi) is 3.73. The topological polar surface area (TPSA) is 90.7 Å². The minimum Gasteiger partial charge on any atom is -0.480 e. The predicted molar refractivity (Wildman–Crippen MR) is 67.1 cm³/mol. The van der Waals surface area contributed by atoms with E-state index in [0.717, 1.165) is 4.90 Å². The van der Waals surface area contributed by atoms with Gasteiger partial charge in [0, 0.05) is 24.9 Å². The van der Waals surface area contributed by atoms with Crippen molar-refractivity contribution in [3.05, 3.63) is 28.5 Å². The van der Waals surface area contributed by atoms with Gasteiger partial charge in [0.25, 0.3) is 5.91 Å². The summed E-state index contributed by atoms with van der Waals surface area (Å²) in [6.07, 6.45) is 0.518. The van der Waals surface area contributed by atoms with Gasteiger partial charge in [-0.25, -0.2) is 4.79 Å². The SMILES string of the molecule is Cc1cc(Cl)c(C(=O)N2CC(O)C[C@H]2C(=O)O)cn1. The van der Waals surface area contributed by atoms with Gasteiger partial charge in [-0.05, 0) is 13.0 Å². The number of likely N-dealkylation sites (tertiary alicyclic amines) is 1. The molecule has 0 saturated carbocycles. The van der Waals surface area contributed by atoms with Crippen LogP contribution in [0.1, 0.15) is 22.5 Å². The van der Waals surface area contributed by atoms with E-state index in [2.05, 4.69) is 4.98 Å². The van der Waals surface area contributed by atoms with E-state index < -0.39 is 24.0 Å². The second-order valence-corrected chi connectivity index (χ2v) is 4.91. The molecular formula is C12H13ClN2O4. The molecule has 1 saturated heterocycles. The number of amides is 1. The number of pyridine rings is 1. The molecule has 1 aromatic rings. The molecule has 19 heavy (non-hydrogen) atoms. The van der Waals surface area contributed by atoms with Gasteiger partial charge in [-0.2, -0.15) is 0 Å². The Bertz CT molecular complexity index is 534. The molecule has 6 nitrogen and oxygen atoms in total. The normalized spacial score (nSPS) is 22.6.